The second kappa shape index (κ2) is 9.72. The third-order valence-corrected chi connectivity index (χ3v) is 3.80. The summed E-state index contributed by atoms with van der Waals surface area (Å²) in [5, 5.41) is 8.33. The average Bonchev–Trinajstić information content (AvgIpc) is 2.56. The smallest absolute Gasteiger partial charge is 0.319 e. The first kappa shape index (κ1) is 18.0. The Kier molecular flexibility index (Phi) is 7.29. The molecule has 0 atom stereocenters. The minimum Gasteiger partial charge on any atom is -0.375 e. The number of methoxy groups -OCH3 is 1. The molecular weight excluding hydrogens is 306 g/mol. The number of nitrogens with one attached hydrogen (secondary N) is 3. The number of rotatable bonds is 7. The van der Waals surface area contributed by atoms with Gasteiger partial charge in [-0.25, -0.2) is 4.79 Å². The first-order valence-corrected chi connectivity index (χ1v) is 8.29. The Balaban J connectivity index is 1.76. The molecule has 1 aromatic carbocycles. The van der Waals surface area contributed by atoms with Crippen molar-refractivity contribution in [3.05, 3.63) is 35.9 Å². The van der Waals surface area contributed by atoms with E-state index in [1.165, 1.54) is 25.5 Å². The van der Waals surface area contributed by atoms with Crippen LogP contribution in [0.5, 0.6) is 0 Å². The first-order chi connectivity index (χ1) is 11.7. The Morgan fingerprint density at radius 3 is 2.67 bits per heavy atom. The zero-order chi connectivity index (χ0) is 17.2. The lowest BCUT2D eigenvalue weighted by Gasteiger charge is -2.13. The molecule has 1 aliphatic rings. The summed E-state index contributed by atoms with van der Waals surface area (Å²) >= 11 is 0. The standard InChI is InChI=1S/C18H25N3O3/c1-24-13-17(22)20-15-8-5-9-16(12-15)21-18(23)19-11-10-14-6-3-2-4-7-14/h5-6,8-9,12H,2-4,7,10-11,13H2,1H3,(H,20,22)(H2,19,21,23). The van der Waals surface area contributed by atoms with Crippen molar-refractivity contribution in [2.75, 3.05) is 30.9 Å². The van der Waals surface area contributed by atoms with Crippen LogP contribution >= 0.6 is 0 Å². The number of anilines is 2. The quantitative estimate of drug-likeness (QED) is 0.671. The van der Waals surface area contributed by atoms with Crippen molar-refractivity contribution >= 4 is 23.3 Å². The molecular formula is C18H25N3O3. The first-order valence-electron chi connectivity index (χ1n) is 8.29. The number of allylic oxidation sites excluding steroid dienone is 1. The molecule has 0 saturated heterocycles. The molecule has 0 saturated carbocycles. The Bertz CT molecular complexity index is 599. The topological polar surface area (TPSA) is 79.5 Å². The van der Waals surface area contributed by atoms with Crippen LogP contribution in [-0.2, 0) is 9.53 Å². The Hall–Kier alpha value is -2.34. The fourth-order valence-corrected chi connectivity index (χ4v) is 2.65. The Labute approximate surface area is 142 Å². The number of carbonyl (C=O) groups is 2. The zero-order valence-electron chi connectivity index (χ0n) is 14.1. The lowest BCUT2D eigenvalue weighted by Crippen LogP contribution is -2.29. The highest BCUT2D eigenvalue weighted by Crippen LogP contribution is 2.19. The van der Waals surface area contributed by atoms with E-state index in [0.29, 0.717) is 17.9 Å². The van der Waals surface area contributed by atoms with Gasteiger partial charge in [-0.15, -0.1) is 0 Å². The van der Waals surface area contributed by atoms with E-state index in [0.717, 1.165) is 19.3 Å². The molecule has 0 aliphatic heterocycles. The molecule has 3 amide bonds. The van der Waals surface area contributed by atoms with Crippen molar-refractivity contribution < 1.29 is 14.3 Å². The molecule has 0 spiro atoms. The van der Waals surface area contributed by atoms with Crippen LogP contribution in [0.3, 0.4) is 0 Å². The van der Waals surface area contributed by atoms with Gasteiger partial charge in [0.2, 0.25) is 5.91 Å². The van der Waals surface area contributed by atoms with Crippen LogP contribution < -0.4 is 16.0 Å². The highest BCUT2D eigenvalue weighted by molar-refractivity contribution is 5.94. The van der Waals surface area contributed by atoms with E-state index in [1.54, 1.807) is 24.3 Å². The van der Waals surface area contributed by atoms with E-state index in [2.05, 4.69) is 22.0 Å². The molecule has 0 fully saturated rings. The number of hydrogen-bond acceptors (Lipinski definition) is 3. The molecule has 0 bridgehead atoms. The SMILES string of the molecule is COCC(=O)Nc1cccc(NC(=O)NCCC2=CCCCC2)c1. The second-order valence-corrected chi connectivity index (χ2v) is 5.80. The summed E-state index contributed by atoms with van der Waals surface area (Å²) in [6.07, 6.45) is 8.01. The van der Waals surface area contributed by atoms with Crippen LogP contribution in [0.4, 0.5) is 16.2 Å². The number of ether oxygens (including phenoxy) is 1. The highest BCUT2D eigenvalue weighted by atomic mass is 16.5. The summed E-state index contributed by atoms with van der Waals surface area (Å²) in [5.41, 5.74) is 2.67. The number of amides is 3. The molecule has 0 radical (unpaired) electrons. The van der Waals surface area contributed by atoms with Crippen molar-refractivity contribution in [1.82, 2.24) is 5.32 Å². The molecule has 3 N–H and O–H groups in total. The van der Waals surface area contributed by atoms with Crippen molar-refractivity contribution in [3.63, 3.8) is 0 Å². The minimum absolute atomic E-state index is 0.00596. The number of carbonyl (C=O) groups excluding carboxylic acids is 2. The van der Waals surface area contributed by atoms with Gasteiger partial charge in [0, 0.05) is 25.0 Å². The van der Waals surface area contributed by atoms with Gasteiger partial charge in [-0.3, -0.25) is 4.79 Å². The normalized spacial score (nSPS) is 13.8. The van der Waals surface area contributed by atoms with Crippen molar-refractivity contribution in [1.29, 1.82) is 0 Å². The van der Waals surface area contributed by atoms with E-state index in [-0.39, 0.29) is 18.5 Å². The lowest BCUT2D eigenvalue weighted by molar-refractivity contribution is -0.119. The number of hydrogen-bond donors (Lipinski definition) is 3. The van der Waals surface area contributed by atoms with Gasteiger partial charge in [-0.05, 0) is 50.3 Å². The second-order valence-electron chi connectivity index (χ2n) is 5.80. The van der Waals surface area contributed by atoms with Gasteiger partial charge in [0.05, 0.1) is 0 Å². The summed E-state index contributed by atoms with van der Waals surface area (Å²) in [6, 6.07) is 6.76. The van der Waals surface area contributed by atoms with Crippen LogP contribution in [0.15, 0.2) is 35.9 Å². The monoisotopic (exact) mass is 331 g/mol. The summed E-state index contributed by atoms with van der Waals surface area (Å²) in [6.45, 7) is 0.621. The van der Waals surface area contributed by atoms with Gasteiger partial charge in [0.25, 0.3) is 0 Å². The van der Waals surface area contributed by atoms with Gasteiger partial charge in [0.1, 0.15) is 6.61 Å². The maximum Gasteiger partial charge on any atom is 0.319 e. The van der Waals surface area contributed by atoms with Gasteiger partial charge in [-0.1, -0.05) is 17.7 Å². The summed E-state index contributed by atoms with van der Waals surface area (Å²) < 4.78 is 4.77. The summed E-state index contributed by atoms with van der Waals surface area (Å²) in [7, 11) is 1.46. The van der Waals surface area contributed by atoms with Crippen LogP contribution in [0, 0.1) is 0 Å². The lowest BCUT2D eigenvalue weighted by atomic mass is 9.97. The molecule has 1 aromatic rings. The van der Waals surface area contributed by atoms with Gasteiger partial charge in [0.15, 0.2) is 0 Å². The van der Waals surface area contributed by atoms with Crippen molar-refractivity contribution in [2.45, 2.75) is 32.1 Å². The third kappa shape index (κ3) is 6.42. The summed E-state index contributed by atoms with van der Waals surface area (Å²) in [5.74, 6) is -0.236. The van der Waals surface area contributed by atoms with Crippen LogP contribution in [0.25, 0.3) is 0 Å². The van der Waals surface area contributed by atoms with E-state index < -0.39 is 0 Å². The molecule has 24 heavy (non-hydrogen) atoms. The molecule has 0 unspecified atom stereocenters. The van der Waals surface area contributed by atoms with Crippen LogP contribution in [-0.4, -0.2) is 32.2 Å². The van der Waals surface area contributed by atoms with E-state index in [9.17, 15) is 9.59 Å². The average molecular weight is 331 g/mol. The molecule has 6 heteroatoms. The van der Waals surface area contributed by atoms with Gasteiger partial charge in [-0.2, -0.15) is 0 Å². The molecule has 1 aliphatic carbocycles. The maximum absolute atomic E-state index is 11.9. The molecule has 0 aromatic heterocycles. The molecule has 6 nitrogen and oxygen atoms in total. The fourth-order valence-electron chi connectivity index (χ4n) is 2.65. The molecule has 0 heterocycles. The van der Waals surface area contributed by atoms with E-state index in [4.69, 9.17) is 4.74 Å². The number of urea groups is 1. The van der Waals surface area contributed by atoms with E-state index in [1.807, 2.05) is 0 Å². The predicted molar refractivity (Wildman–Crippen MR) is 95.1 cm³/mol. The number of benzene rings is 1. The fraction of sp³-hybridized carbons (Fsp3) is 0.444. The molecule has 2 rings (SSSR count). The maximum atomic E-state index is 11.9. The zero-order valence-corrected chi connectivity index (χ0v) is 14.1. The Morgan fingerprint density at radius 2 is 1.96 bits per heavy atom. The van der Waals surface area contributed by atoms with Crippen LogP contribution in [0.2, 0.25) is 0 Å². The molecule has 130 valence electrons. The van der Waals surface area contributed by atoms with Crippen LogP contribution in [0.1, 0.15) is 32.1 Å². The minimum atomic E-state index is -0.244. The predicted octanol–water partition coefficient (Wildman–Crippen LogP) is 3.28. The third-order valence-electron chi connectivity index (χ3n) is 3.80. The van der Waals surface area contributed by atoms with Gasteiger partial charge < -0.3 is 20.7 Å². The largest absolute Gasteiger partial charge is 0.375 e. The van der Waals surface area contributed by atoms with Crippen molar-refractivity contribution in [2.24, 2.45) is 0 Å². The summed E-state index contributed by atoms with van der Waals surface area (Å²) in [4.78, 5) is 23.4. The van der Waals surface area contributed by atoms with E-state index >= 15 is 0 Å². The highest BCUT2D eigenvalue weighted by Gasteiger charge is 2.06. The van der Waals surface area contributed by atoms with Crippen molar-refractivity contribution in [3.8, 4) is 0 Å². The van der Waals surface area contributed by atoms with Gasteiger partial charge >= 0.3 is 6.03 Å². The Morgan fingerprint density at radius 1 is 1.17 bits per heavy atom.